The van der Waals surface area contributed by atoms with E-state index in [1.807, 2.05) is 11.4 Å². The van der Waals surface area contributed by atoms with Crippen LogP contribution in [0.4, 0.5) is 4.79 Å². The molecule has 2 N–H and O–H groups in total. The number of carbonyl (C=O) groups is 3. The number of hydrogen-bond acceptors (Lipinski definition) is 6. The molecule has 0 radical (unpaired) electrons. The fraction of sp³-hybridized carbons (Fsp3) is 0.235. The van der Waals surface area contributed by atoms with Gasteiger partial charge >= 0.3 is 12.0 Å². The Hall–Kier alpha value is -3.29. The van der Waals surface area contributed by atoms with Crippen molar-refractivity contribution in [1.82, 2.24) is 10.6 Å². The smallest absolute Gasteiger partial charge is 0.347 e. The predicted molar refractivity (Wildman–Crippen MR) is 86.6 cm³/mol. The van der Waals surface area contributed by atoms with Gasteiger partial charge in [0.15, 0.2) is 12.7 Å². The van der Waals surface area contributed by atoms with E-state index in [1.165, 1.54) is 13.2 Å². The number of hydrogen-bond donors (Lipinski definition) is 2. The third-order valence-electron chi connectivity index (χ3n) is 2.99. The molecular weight excluding hydrogens is 328 g/mol. The predicted octanol–water partition coefficient (Wildman–Crippen LogP) is 1.62. The number of carbonyl (C=O) groups excluding carboxylic acids is 3. The Kier molecular flexibility index (Phi) is 6.58. The lowest BCUT2D eigenvalue weighted by Gasteiger charge is -2.13. The Labute approximate surface area is 144 Å². The fourth-order valence-electron chi connectivity index (χ4n) is 1.79. The van der Waals surface area contributed by atoms with E-state index in [9.17, 15) is 14.4 Å². The highest BCUT2D eigenvalue weighted by Gasteiger charge is 2.18. The first-order valence-electron chi connectivity index (χ1n) is 7.53. The van der Waals surface area contributed by atoms with Crippen LogP contribution in [0, 0.1) is 0 Å². The molecule has 3 amide bonds. The maximum atomic E-state index is 11.8. The number of rotatable bonds is 7. The Bertz CT molecular complexity index is 699. The van der Waals surface area contributed by atoms with Crippen LogP contribution in [-0.2, 0) is 20.9 Å². The molecule has 1 aromatic carbocycles. The summed E-state index contributed by atoms with van der Waals surface area (Å²) in [7, 11) is 0. The molecule has 0 saturated carbocycles. The van der Waals surface area contributed by atoms with Crippen molar-refractivity contribution in [2.75, 3.05) is 6.61 Å². The van der Waals surface area contributed by atoms with Crippen LogP contribution in [-0.4, -0.2) is 30.6 Å². The van der Waals surface area contributed by atoms with Gasteiger partial charge in [-0.15, -0.1) is 0 Å². The second kappa shape index (κ2) is 9.11. The number of amides is 3. The molecule has 0 spiro atoms. The Balaban J connectivity index is 1.66. The lowest BCUT2D eigenvalue weighted by atomic mass is 10.3. The van der Waals surface area contributed by atoms with Gasteiger partial charge in [-0.3, -0.25) is 10.1 Å². The van der Waals surface area contributed by atoms with E-state index >= 15 is 0 Å². The minimum Gasteiger partial charge on any atom is -0.479 e. The summed E-state index contributed by atoms with van der Waals surface area (Å²) in [6, 6.07) is 11.4. The molecule has 8 nitrogen and oxygen atoms in total. The molecule has 0 saturated heterocycles. The minimum absolute atomic E-state index is 0.133. The molecule has 0 aliphatic heterocycles. The quantitative estimate of drug-likeness (QED) is 0.738. The average molecular weight is 346 g/mol. The van der Waals surface area contributed by atoms with E-state index in [0.29, 0.717) is 11.5 Å². The van der Waals surface area contributed by atoms with E-state index < -0.39 is 30.6 Å². The minimum atomic E-state index is -0.886. The van der Waals surface area contributed by atoms with Gasteiger partial charge < -0.3 is 19.2 Å². The molecule has 0 fully saturated rings. The molecule has 1 aromatic heterocycles. The van der Waals surface area contributed by atoms with Crippen LogP contribution in [0.2, 0.25) is 0 Å². The topological polar surface area (TPSA) is 107 Å². The molecule has 1 atom stereocenters. The Morgan fingerprint density at radius 2 is 1.88 bits per heavy atom. The van der Waals surface area contributed by atoms with Gasteiger partial charge in [-0.1, -0.05) is 18.2 Å². The SMILES string of the molecule is C[C@H](Oc1ccccc1)C(=O)OCC(=O)NC(=O)NCc1ccco1. The molecule has 2 rings (SSSR count). The van der Waals surface area contributed by atoms with Crippen molar-refractivity contribution in [1.29, 1.82) is 0 Å². The van der Waals surface area contributed by atoms with Crippen molar-refractivity contribution in [3.63, 3.8) is 0 Å². The zero-order valence-corrected chi connectivity index (χ0v) is 13.6. The summed E-state index contributed by atoms with van der Waals surface area (Å²) in [6.07, 6.45) is 0.584. The first-order chi connectivity index (χ1) is 12.0. The molecule has 0 aliphatic rings. The zero-order chi connectivity index (χ0) is 18.1. The zero-order valence-electron chi connectivity index (χ0n) is 13.6. The van der Waals surface area contributed by atoms with Gasteiger partial charge in [-0.25, -0.2) is 9.59 Å². The van der Waals surface area contributed by atoms with E-state index in [4.69, 9.17) is 13.9 Å². The molecular formula is C17H18N2O6. The first kappa shape index (κ1) is 18.1. The normalized spacial score (nSPS) is 11.2. The molecule has 2 aromatic rings. The van der Waals surface area contributed by atoms with Gasteiger partial charge in [-0.05, 0) is 31.2 Å². The monoisotopic (exact) mass is 346 g/mol. The fourth-order valence-corrected chi connectivity index (χ4v) is 1.79. The third-order valence-corrected chi connectivity index (χ3v) is 2.99. The Morgan fingerprint density at radius 1 is 1.12 bits per heavy atom. The van der Waals surface area contributed by atoms with Gasteiger partial charge in [-0.2, -0.15) is 0 Å². The van der Waals surface area contributed by atoms with Gasteiger partial charge in [0.05, 0.1) is 12.8 Å². The van der Waals surface area contributed by atoms with Crippen LogP contribution in [0.15, 0.2) is 53.1 Å². The van der Waals surface area contributed by atoms with Crippen molar-refractivity contribution in [2.45, 2.75) is 19.6 Å². The summed E-state index contributed by atoms with van der Waals surface area (Å²) in [5.74, 6) is -0.415. The number of imide groups is 1. The lowest BCUT2D eigenvalue weighted by Crippen LogP contribution is -2.41. The van der Waals surface area contributed by atoms with Gasteiger partial charge in [0, 0.05) is 0 Å². The largest absolute Gasteiger partial charge is 0.479 e. The number of esters is 1. The molecule has 1 heterocycles. The summed E-state index contributed by atoms with van der Waals surface area (Å²) in [6.45, 7) is 1.05. The summed E-state index contributed by atoms with van der Waals surface area (Å²) in [5, 5.41) is 4.47. The first-order valence-corrected chi connectivity index (χ1v) is 7.53. The number of furan rings is 1. The number of ether oxygens (including phenoxy) is 2. The number of para-hydroxylation sites is 1. The number of nitrogens with one attached hydrogen (secondary N) is 2. The highest BCUT2D eigenvalue weighted by atomic mass is 16.6. The summed E-state index contributed by atoms with van der Waals surface area (Å²) in [4.78, 5) is 34.9. The highest BCUT2D eigenvalue weighted by Crippen LogP contribution is 2.11. The second-order valence-corrected chi connectivity index (χ2v) is 4.99. The van der Waals surface area contributed by atoms with Crippen molar-refractivity contribution in [2.24, 2.45) is 0 Å². The van der Waals surface area contributed by atoms with Crippen LogP contribution in [0.5, 0.6) is 5.75 Å². The van der Waals surface area contributed by atoms with Crippen LogP contribution in [0.1, 0.15) is 12.7 Å². The third kappa shape index (κ3) is 6.38. The second-order valence-electron chi connectivity index (χ2n) is 4.99. The molecule has 132 valence electrons. The van der Waals surface area contributed by atoms with E-state index in [2.05, 4.69) is 5.32 Å². The number of benzene rings is 1. The molecule has 25 heavy (non-hydrogen) atoms. The van der Waals surface area contributed by atoms with Crippen molar-refractivity contribution in [3.8, 4) is 5.75 Å². The number of urea groups is 1. The van der Waals surface area contributed by atoms with E-state index in [1.54, 1.807) is 36.4 Å². The summed E-state index contributed by atoms with van der Waals surface area (Å²) >= 11 is 0. The lowest BCUT2D eigenvalue weighted by molar-refractivity contribution is -0.154. The van der Waals surface area contributed by atoms with E-state index in [-0.39, 0.29) is 6.54 Å². The summed E-state index contributed by atoms with van der Waals surface area (Å²) < 4.78 is 15.2. The van der Waals surface area contributed by atoms with Gasteiger partial charge in [0.2, 0.25) is 0 Å². The molecule has 0 aliphatic carbocycles. The maximum absolute atomic E-state index is 11.8. The van der Waals surface area contributed by atoms with Crippen molar-refractivity contribution in [3.05, 3.63) is 54.5 Å². The molecule has 0 bridgehead atoms. The summed E-state index contributed by atoms with van der Waals surface area (Å²) in [5.41, 5.74) is 0. The van der Waals surface area contributed by atoms with Crippen molar-refractivity contribution >= 4 is 17.9 Å². The van der Waals surface area contributed by atoms with E-state index in [0.717, 1.165) is 0 Å². The molecule has 0 unspecified atom stereocenters. The van der Waals surface area contributed by atoms with Gasteiger partial charge in [0.1, 0.15) is 11.5 Å². The molecule has 8 heteroatoms. The maximum Gasteiger partial charge on any atom is 0.347 e. The van der Waals surface area contributed by atoms with Crippen molar-refractivity contribution < 1.29 is 28.3 Å². The standard InChI is InChI=1S/C17H18N2O6/c1-12(25-13-6-3-2-4-7-13)16(21)24-11-15(20)19-17(22)18-10-14-8-5-9-23-14/h2-9,12H,10-11H2,1H3,(H2,18,19,20,22)/t12-/m0/s1. The van der Waals surface area contributed by atoms with Gasteiger partial charge in [0.25, 0.3) is 5.91 Å². The van der Waals surface area contributed by atoms with Crippen LogP contribution < -0.4 is 15.4 Å². The van der Waals surface area contributed by atoms with Crippen LogP contribution >= 0.6 is 0 Å². The van der Waals surface area contributed by atoms with Crippen LogP contribution in [0.25, 0.3) is 0 Å². The van der Waals surface area contributed by atoms with Crippen LogP contribution in [0.3, 0.4) is 0 Å². The Morgan fingerprint density at radius 3 is 2.56 bits per heavy atom. The highest BCUT2D eigenvalue weighted by molar-refractivity contribution is 5.95. The average Bonchev–Trinajstić information content (AvgIpc) is 3.12.